The molecule has 0 saturated carbocycles. The molecule has 0 atom stereocenters. The van der Waals surface area contributed by atoms with Gasteiger partial charge in [-0.3, -0.25) is 9.69 Å². The number of methoxy groups -OCH3 is 1. The Bertz CT molecular complexity index is 355. The van der Waals surface area contributed by atoms with E-state index in [-0.39, 0.29) is 5.97 Å². The molecule has 0 fully saturated rings. The molecule has 1 rings (SSSR count). The molecule has 0 aromatic heterocycles. The van der Waals surface area contributed by atoms with E-state index >= 15 is 0 Å². The molecule has 0 aliphatic heterocycles. The normalized spacial score (nSPS) is 10.5. The highest BCUT2D eigenvalue weighted by atomic mass is 79.9. The van der Waals surface area contributed by atoms with Gasteiger partial charge in [0.25, 0.3) is 0 Å². The van der Waals surface area contributed by atoms with E-state index in [2.05, 4.69) is 32.8 Å². The van der Waals surface area contributed by atoms with Crippen molar-refractivity contribution in [3.05, 3.63) is 34.3 Å². The summed E-state index contributed by atoms with van der Waals surface area (Å²) in [6, 6.07) is 8.18. The molecule has 3 nitrogen and oxygen atoms in total. The Morgan fingerprint density at radius 3 is 2.88 bits per heavy atom. The standard InChI is InChI=1S/C12H16BrNO2/c1-14(9-12(15)16-2)7-6-10-4-3-5-11(13)8-10/h3-5,8H,6-7,9H2,1-2H3. The van der Waals surface area contributed by atoms with Crippen LogP contribution in [0.3, 0.4) is 0 Å². The average Bonchev–Trinajstić information content (AvgIpc) is 2.26. The summed E-state index contributed by atoms with van der Waals surface area (Å²) >= 11 is 3.43. The minimum atomic E-state index is -0.197. The molecule has 1 aromatic rings. The van der Waals surface area contributed by atoms with Gasteiger partial charge in [-0.2, -0.15) is 0 Å². The molecule has 4 heteroatoms. The van der Waals surface area contributed by atoms with E-state index in [1.165, 1.54) is 12.7 Å². The lowest BCUT2D eigenvalue weighted by atomic mass is 10.1. The molecule has 0 spiro atoms. The van der Waals surface area contributed by atoms with Crippen LogP contribution in [0.15, 0.2) is 28.7 Å². The van der Waals surface area contributed by atoms with E-state index in [1.807, 2.05) is 24.1 Å². The molecule has 0 N–H and O–H groups in total. The SMILES string of the molecule is COC(=O)CN(C)CCc1cccc(Br)c1. The fourth-order valence-corrected chi connectivity index (χ4v) is 1.82. The summed E-state index contributed by atoms with van der Waals surface area (Å²) in [4.78, 5) is 13.0. The molecule has 0 bridgehead atoms. The number of likely N-dealkylation sites (N-methyl/N-ethyl adjacent to an activating group) is 1. The third-order valence-electron chi connectivity index (χ3n) is 2.30. The van der Waals surface area contributed by atoms with Gasteiger partial charge >= 0.3 is 5.97 Å². The molecule has 0 amide bonds. The quantitative estimate of drug-likeness (QED) is 0.776. The molecule has 0 saturated heterocycles. The number of hydrogen-bond acceptors (Lipinski definition) is 3. The number of carbonyl (C=O) groups excluding carboxylic acids is 1. The highest BCUT2D eigenvalue weighted by Crippen LogP contribution is 2.12. The minimum Gasteiger partial charge on any atom is -0.468 e. The monoisotopic (exact) mass is 285 g/mol. The summed E-state index contributed by atoms with van der Waals surface area (Å²) in [5, 5.41) is 0. The van der Waals surface area contributed by atoms with E-state index in [0.29, 0.717) is 6.54 Å². The number of carbonyl (C=O) groups is 1. The summed E-state index contributed by atoms with van der Waals surface area (Å²) in [7, 11) is 3.32. The number of esters is 1. The Kier molecular flexibility index (Phi) is 5.49. The summed E-state index contributed by atoms with van der Waals surface area (Å²) < 4.78 is 5.69. The Labute approximate surface area is 105 Å². The second-order valence-electron chi connectivity index (χ2n) is 3.69. The van der Waals surface area contributed by atoms with Gasteiger partial charge in [-0.25, -0.2) is 0 Å². The van der Waals surface area contributed by atoms with E-state index in [0.717, 1.165) is 17.4 Å². The summed E-state index contributed by atoms with van der Waals surface area (Å²) in [6.07, 6.45) is 0.924. The highest BCUT2D eigenvalue weighted by Gasteiger charge is 2.05. The Balaban J connectivity index is 2.37. The van der Waals surface area contributed by atoms with Crippen LogP contribution in [-0.2, 0) is 16.0 Å². The molecular formula is C12H16BrNO2. The number of benzene rings is 1. The minimum absolute atomic E-state index is 0.197. The smallest absolute Gasteiger partial charge is 0.319 e. The average molecular weight is 286 g/mol. The molecule has 16 heavy (non-hydrogen) atoms. The van der Waals surface area contributed by atoms with Crippen molar-refractivity contribution in [3.8, 4) is 0 Å². The van der Waals surface area contributed by atoms with Crippen molar-refractivity contribution < 1.29 is 9.53 Å². The number of nitrogens with zero attached hydrogens (tertiary/aromatic N) is 1. The first-order valence-electron chi connectivity index (χ1n) is 5.11. The molecule has 0 radical (unpaired) electrons. The molecule has 0 aliphatic rings. The van der Waals surface area contributed by atoms with Crippen LogP contribution < -0.4 is 0 Å². The van der Waals surface area contributed by atoms with E-state index < -0.39 is 0 Å². The van der Waals surface area contributed by atoms with Gasteiger partial charge in [0.2, 0.25) is 0 Å². The van der Waals surface area contributed by atoms with E-state index in [1.54, 1.807) is 0 Å². The van der Waals surface area contributed by atoms with E-state index in [9.17, 15) is 4.79 Å². The van der Waals surface area contributed by atoms with Gasteiger partial charge < -0.3 is 4.74 Å². The lowest BCUT2D eigenvalue weighted by Gasteiger charge is -2.14. The Morgan fingerprint density at radius 1 is 1.50 bits per heavy atom. The van der Waals surface area contributed by atoms with Crippen LogP contribution in [0.2, 0.25) is 0 Å². The maximum absolute atomic E-state index is 11.0. The third kappa shape index (κ3) is 4.77. The summed E-state index contributed by atoms with van der Waals surface area (Å²) in [5.41, 5.74) is 1.26. The van der Waals surface area contributed by atoms with E-state index in [4.69, 9.17) is 0 Å². The second kappa shape index (κ2) is 6.66. The lowest BCUT2D eigenvalue weighted by molar-refractivity contribution is -0.141. The zero-order valence-corrected chi connectivity index (χ0v) is 11.2. The van der Waals surface area contributed by atoms with Crippen LogP contribution in [0, 0.1) is 0 Å². The van der Waals surface area contributed by atoms with Crippen molar-refractivity contribution >= 4 is 21.9 Å². The van der Waals surface area contributed by atoms with Crippen molar-refractivity contribution in [1.82, 2.24) is 4.90 Å². The molecule has 0 unspecified atom stereocenters. The number of rotatable bonds is 5. The van der Waals surface area contributed by atoms with Crippen LogP contribution >= 0.6 is 15.9 Å². The van der Waals surface area contributed by atoms with Gasteiger partial charge in [0.1, 0.15) is 0 Å². The first-order valence-corrected chi connectivity index (χ1v) is 5.91. The molecule has 0 heterocycles. The maximum atomic E-state index is 11.0. The Hall–Kier alpha value is -0.870. The molecule has 0 aliphatic carbocycles. The first-order chi connectivity index (χ1) is 7.61. The predicted molar refractivity (Wildman–Crippen MR) is 67.4 cm³/mol. The van der Waals surface area contributed by atoms with Gasteiger partial charge in [-0.15, -0.1) is 0 Å². The van der Waals surface area contributed by atoms with Gasteiger partial charge in [0.15, 0.2) is 0 Å². The fraction of sp³-hybridized carbons (Fsp3) is 0.417. The van der Waals surface area contributed by atoms with Gasteiger partial charge in [0, 0.05) is 11.0 Å². The molecule has 1 aromatic carbocycles. The largest absolute Gasteiger partial charge is 0.468 e. The number of halogens is 1. The summed E-state index contributed by atoms with van der Waals surface area (Å²) in [5.74, 6) is -0.197. The highest BCUT2D eigenvalue weighted by molar-refractivity contribution is 9.10. The van der Waals surface area contributed by atoms with Crippen molar-refractivity contribution in [2.45, 2.75) is 6.42 Å². The van der Waals surface area contributed by atoms with Crippen LogP contribution in [0.25, 0.3) is 0 Å². The van der Waals surface area contributed by atoms with Gasteiger partial charge in [0.05, 0.1) is 13.7 Å². The number of hydrogen-bond donors (Lipinski definition) is 0. The van der Waals surface area contributed by atoms with Crippen molar-refractivity contribution in [1.29, 1.82) is 0 Å². The zero-order valence-electron chi connectivity index (χ0n) is 9.57. The van der Waals surface area contributed by atoms with Crippen molar-refractivity contribution in [2.75, 3.05) is 27.2 Å². The molecule has 88 valence electrons. The maximum Gasteiger partial charge on any atom is 0.319 e. The fourth-order valence-electron chi connectivity index (χ4n) is 1.38. The topological polar surface area (TPSA) is 29.5 Å². The predicted octanol–water partition coefficient (Wildman–Crippen LogP) is 2.10. The van der Waals surface area contributed by atoms with Gasteiger partial charge in [-0.1, -0.05) is 28.1 Å². The number of ether oxygens (including phenoxy) is 1. The summed E-state index contributed by atoms with van der Waals surface area (Å²) in [6.45, 7) is 1.18. The van der Waals surface area contributed by atoms with Crippen LogP contribution in [0.4, 0.5) is 0 Å². The van der Waals surface area contributed by atoms with Gasteiger partial charge in [-0.05, 0) is 31.2 Å². The van der Waals surface area contributed by atoms with Crippen LogP contribution in [-0.4, -0.2) is 38.1 Å². The second-order valence-corrected chi connectivity index (χ2v) is 4.61. The lowest BCUT2D eigenvalue weighted by Crippen LogP contribution is -2.28. The van der Waals surface area contributed by atoms with Crippen molar-refractivity contribution in [3.63, 3.8) is 0 Å². The zero-order chi connectivity index (χ0) is 12.0. The molecular weight excluding hydrogens is 270 g/mol. The first kappa shape index (κ1) is 13.2. The third-order valence-corrected chi connectivity index (χ3v) is 2.79. The van der Waals surface area contributed by atoms with Crippen LogP contribution in [0.1, 0.15) is 5.56 Å². The van der Waals surface area contributed by atoms with Crippen LogP contribution in [0.5, 0.6) is 0 Å². The van der Waals surface area contributed by atoms with Crippen molar-refractivity contribution in [2.24, 2.45) is 0 Å². The Morgan fingerprint density at radius 2 is 2.25 bits per heavy atom.